The van der Waals surface area contributed by atoms with Crippen LogP contribution < -0.4 is 11.2 Å². The maximum absolute atomic E-state index is 12.9. The summed E-state index contributed by atoms with van der Waals surface area (Å²) in [4.78, 5) is 30.1. The van der Waals surface area contributed by atoms with Gasteiger partial charge in [0.25, 0.3) is 5.56 Å². The van der Waals surface area contributed by atoms with Crippen molar-refractivity contribution in [2.24, 2.45) is 7.05 Å². The molecule has 0 radical (unpaired) electrons. The Labute approximate surface area is 184 Å². The van der Waals surface area contributed by atoms with Gasteiger partial charge >= 0.3 is 5.69 Å². The van der Waals surface area contributed by atoms with E-state index in [-0.39, 0.29) is 29.5 Å². The Balaban J connectivity index is 1.95. The highest BCUT2D eigenvalue weighted by atomic mass is 79.9. The summed E-state index contributed by atoms with van der Waals surface area (Å²) in [5.41, 5.74) is 1.25. The zero-order chi connectivity index (χ0) is 20.7. The van der Waals surface area contributed by atoms with Crippen molar-refractivity contribution in [1.29, 1.82) is 0 Å². The average Bonchev–Trinajstić information content (AvgIpc) is 3.03. The van der Waals surface area contributed by atoms with Crippen LogP contribution in [0.15, 0.2) is 62.6 Å². The summed E-state index contributed by atoms with van der Waals surface area (Å²) < 4.78 is 4.96. The van der Waals surface area contributed by atoms with E-state index in [0.29, 0.717) is 5.02 Å². The van der Waals surface area contributed by atoms with Crippen LogP contribution in [0, 0.1) is 0 Å². The zero-order valence-corrected chi connectivity index (χ0v) is 18.4. The monoisotopic (exact) mass is 492 g/mol. The van der Waals surface area contributed by atoms with Gasteiger partial charge in [-0.25, -0.2) is 4.79 Å². The van der Waals surface area contributed by atoms with E-state index in [9.17, 15) is 9.59 Å². The molecule has 0 saturated carbocycles. The van der Waals surface area contributed by atoms with Crippen LogP contribution in [0.5, 0.6) is 0 Å². The van der Waals surface area contributed by atoms with E-state index >= 15 is 0 Å². The molecule has 9 heteroatoms. The molecule has 0 bridgehead atoms. The quantitative estimate of drug-likeness (QED) is 0.403. The zero-order valence-electron chi connectivity index (χ0n) is 15.3. The number of hydrogen-bond donors (Lipinski definition) is 0. The van der Waals surface area contributed by atoms with Crippen molar-refractivity contribution in [1.82, 2.24) is 18.7 Å². The van der Waals surface area contributed by atoms with Gasteiger partial charge in [0.15, 0.2) is 11.2 Å². The number of benzene rings is 2. The molecule has 0 amide bonds. The van der Waals surface area contributed by atoms with E-state index in [1.54, 1.807) is 10.6 Å². The molecular formula is C20H15BrCl2N4O2. The number of fused-ring (bicyclic) bond motifs is 1. The molecule has 6 nitrogen and oxygen atoms in total. The third-order valence-corrected chi connectivity index (χ3v) is 6.19. The first-order valence-corrected chi connectivity index (χ1v) is 10.3. The summed E-state index contributed by atoms with van der Waals surface area (Å²) in [6.45, 7) is 0.502. The summed E-state index contributed by atoms with van der Waals surface area (Å²) in [7, 11) is 1.45. The molecule has 0 aliphatic carbocycles. The molecule has 4 rings (SSSR count). The molecule has 148 valence electrons. The Morgan fingerprint density at radius 3 is 2.24 bits per heavy atom. The maximum atomic E-state index is 12.9. The number of rotatable bonds is 4. The van der Waals surface area contributed by atoms with Crippen LogP contribution in [-0.2, 0) is 20.1 Å². The van der Waals surface area contributed by atoms with Crippen LogP contribution in [0.25, 0.3) is 11.2 Å². The number of nitrogens with zero attached hydrogens (tertiary/aromatic N) is 4. The smallest absolute Gasteiger partial charge is 0.304 e. The highest BCUT2D eigenvalue weighted by molar-refractivity contribution is 9.10. The average molecular weight is 494 g/mol. The van der Waals surface area contributed by atoms with Crippen LogP contribution in [0.3, 0.4) is 0 Å². The highest BCUT2D eigenvalue weighted by Gasteiger charge is 2.20. The first-order valence-electron chi connectivity index (χ1n) is 8.71. The lowest BCUT2D eigenvalue weighted by Gasteiger charge is -2.12. The van der Waals surface area contributed by atoms with E-state index in [4.69, 9.17) is 23.2 Å². The van der Waals surface area contributed by atoms with Crippen molar-refractivity contribution >= 4 is 50.3 Å². The summed E-state index contributed by atoms with van der Waals surface area (Å²) in [6, 6.07) is 14.9. The lowest BCUT2D eigenvalue weighted by atomic mass is 10.2. The van der Waals surface area contributed by atoms with Gasteiger partial charge in [-0.15, -0.1) is 0 Å². The Kier molecular flexibility index (Phi) is 5.38. The fourth-order valence-electron chi connectivity index (χ4n) is 3.21. The number of imidazole rings is 1. The fourth-order valence-corrected chi connectivity index (χ4v) is 4.04. The lowest BCUT2D eigenvalue weighted by molar-refractivity contribution is 0.664. The van der Waals surface area contributed by atoms with Gasteiger partial charge in [0.2, 0.25) is 5.28 Å². The van der Waals surface area contributed by atoms with Crippen molar-refractivity contribution in [3.8, 4) is 0 Å². The second kappa shape index (κ2) is 7.82. The van der Waals surface area contributed by atoms with Crippen LogP contribution in [-0.4, -0.2) is 18.7 Å². The largest absolute Gasteiger partial charge is 0.332 e. The van der Waals surface area contributed by atoms with Gasteiger partial charge in [-0.2, -0.15) is 4.98 Å². The summed E-state index contributed by atoms with van der Waals surface area (Å²) >= 11 is 16.2. The van der Waals surface area contributed by atoms with Gasteiger partial charge in [0.1, 0.15) is 0 Å². The maximum Gasteiger partial charge on any atom is 0.332 e. The molecular weight excluding hydrogens is 479 g/mol. The van der Waals surface area contributed by atoms with Crippen LogP contribution in [0.4, 0.5) is 0 Å². The molecule has 0 unspecified atom stereocenters. The first-order chi connectivity index (χ1) is 13.9. The van der Waals surface area contributed by atoms with Gasteiger partial charge in [-0.05, 0) is 34.9 Å². The molecule has 29 heavy (non-hydrogen) atoms. The minimum Gasteiger partial charge on any atom is -0.304 e. The van der Waals surface area contributed by atoms with E-state index < -0.39 is 11.2 Å². The third-order valence-electron chi connectivity index (χ3n) is 4.76. The van der Waals surface area contributed by atoms with Gasteiger partial charge in [0.05, 0.1) is 13.1 Å². The first kappa shape index (κ1) is 19.9. The van der Waals surface area contributed by atoms with E-state index in [1.807, 2.05) is 42.5 Å². The third kappa shape index (κ3) is 3.54. The second-order valence-corrected chi connectivity index (χ2v) is 8.15. The molecule has 0 fully saturated rings. The predicted octanol–water partition coefficient (Wildman–Crippen LogP) is 4.06. The van der Waals surface area contributed by atoms with Crippen LogP contribution in [0.1, 0.15) is 11.1 Å². The van der Waals surface area contributed by atoms with Crippen molar-refractivity contribution < 1.29 is 0 Å². The number of aromatic nitrogens is 4. The summed E-state index contributed by atoms with van der Waals surface area (Å²) in [5, 5.41) is 0.673. The molecule has 0 spiro atoms. The predicted molar refractivity (Wildman–Crippen MR) is 118 cm³/mol. The minimum atomic E-state index is -0.461. The topological polar surface area (TPSA) is 61.8 Å². The number of hydrogen-bond acceptors (Lipinski definition) is 3. The molecule has 0 aliphatic heterocycles. The van der Waals surface area contributed by atoms with Gasteiger partial charge in [0, 0.05) is 16.5 Å². The van der Waals surface area contributed by atoms with E-state index in [2.05, 4.69) is 20.9 Å². The van der Waals surface area contributed by atoms with Crippen molar-refractivity contribution in [2.45, 2.75) is 13.1 Å². The summed E-state index contributed by atoms with van der Waals surface area (Å²) in [6.07, 6.45) is 0. The van der Waals surface area contributed by atoms with Crippen LogP contribution in [0.2, 0.25) is 10.3 Å². The summed E-state index contributed by atoms with van der Waals surface area (Å²) in [5.74, 6) is 0. The van der Waals surface area contributed by atoms with Gasteiger partial charge < -0.3 is 4.57 Å². The van der Waals surface area contributed by atoms with Gasteiger partial charge in [-0.1, -0.05) is 63.9 Å². The minimum absolute atomic E-state index is 0.114. The SMILES string of the molecule is Cn1c(=O)c2c(nc(Cl)n2Cc2ccccc2Cl)n(Cc2ccccc2Br)c1=O. The van der Waals surface area contributed by atoms with Crippen molar-refractivity contribution in [3.05, 3.63) is 95.3 Å². The highest BCUT2D eigenvalue weighted by Crippen LogP contribution is 2.23. The Hall–Kier alpha value is -2.35. The standard InChI is InChI=1S/C20H15BrCl2N4O2/c1-25-18(28)16-17(27(20(25)29)10-12-6-2-4-8-14(12)21)24-19(23)26(16)11-13-7-3-5-9-15(13)22/h2-9H,10-11H2,1H3. The molecule has 0 aliphatic rings. The van der Waals surface area contributed by atoms with Crippen molar-refractivity contribution in [3.63, 3.8) is 0 Å². The van der Waals surface area contributed by atoms with Crippen molar-refractivity contribution in [2.75, 3.05) is 0 Å². The van der Waals surface area contributed by atoms with Crippen LogP contribution >= 0.6 is 39.1 Å². The Morgan fingerprint density at radius 2 is 1.55 bits per heavy atom. The molecule has 2 aromatic carbocycles. The molecule has 2 heterocycles. The Bertz CT molecular complexity index is 1360. The number of halogens is 3. The molecule has 0 atom stereocenters. The molecule has 0 saturated heterocycles. The van der Waals surface area contributed by atoms with Gasteiger partial charge in [-0.3, -0.25) is 13.9 Å². The molecule has 4 aromatic rings. The second-order valence-electron chi connectivity index (χ2n) is 6.55. The van der Waals surface area contributed by atoms with E-state index in [1.165, 1.54) is 11.6 Å². The molecule has 2 aromatic heterocycles. The lowest BCUT2D eigenvalue weighted by Crippen LogP contribution is -2.39. The molecule has 0 N–H and O–H groups in total. The fraction of sp³-hybridized carbons (Fsp3) is 0.150. The normalized spacial score (nSPS) is 11.3. The van der Waals surface area contributed by atoms with E-state index in [0.717, 1.165) is 20.2 Å². The Morgan fingerprint density at radius 1 is 0.931 bits per heavy atom.